The number of nitrogens with one attached hydrogen (secondary N) is 3. The molecule has 178 valence electrons. The highest BCUT2D eigenvalue weighted by Gasteiger charge is 2.13. The Kier molecular flexibility index (Phi) is 6.83. The van der Waals surface area contributed by atoms with Crippen LogP contribution in [0.15, 0.2) is 77.7 Å². The molecule has 0 spiro atoms. The van der Waals surface area contributed by atoms with Crippen molar-refractivity contribution in [3.05, 3.63) is 88.8 Å². The Bertz CT molecular complexity index is 1360. The van der Waals surface area contributed by atoms with Gasteiger partial charge in [0, 0.05) is 49.2 Å². The number of H-pyrrole nitrogens is 1. The van der Waals surface area contributed by atoms with Crippen molar-refractivity contribution in [1.29, 1.82) is 0 Å². The molecular formula is C27H27N5O3. The highest BCUT2D eigenvalue weighted by molar-refractivity contribution is 5.96. The highest BCUT2D eigenvalue weighted by atomic mass is 16.5. The average molecular weight is 470 g/mol. The Labute approximate surface area is 203 Å². The number of amides is 1. The molecule has 8 nitrogen and oxygen atoms in total. The van der Waals surface area contributed by atoms with Crippen LogP contribution < -0.4 is 16.2 Å². The lowest BCUT2D eigenvalue weighted by molar-refractivity contribution is 0.0383. The largest absolute Gasteiger partial charge is 0.379 e. The van der Waals surface area contributed by atoms with Gasteiger partial charge in [0.1, 0.15) is 5.82 Å². The van der Waals surface area contributed by atoms with Crippen molar-refractivity contribution >= 4 is 28.2 Å². The van der Waals surface area contributed by atoms with E-state index in [1.807, 2.05) is 54.6 Å². The molecule has 0 radical (unpaired) electrons. The number of rotatable bonds is 7. The lowest BCUT2D eigenvalue weighted by Crippen LogP contribution is -2.41. The zero-order valence-corrected chi connectivity index (χ0v) is 19.3. The van der Waals surface area contributed by atoms with Gasteiger partial charge >= 0.3 is 0 Å². The lowest BCUT2D eigenvalue weighted by atomic mass is 10.1. The summed E-state index contributed by atoms with van der Waals surface area (Å²) in [4.78, 5) is 34.9. The van der Waals surface area contributed by atoms with Crippen molar-refractivity contribution in [2.24, 2.45) is 0 Å². The van der Waals surface area contributed by atoms with Crippen molar-refractivity contribution in [1.82, 2.24) is 20.2 Å². The topological polar surface area (TPSA) is 99.3 Å². The summed E-state index contributed by atoms with van der Waals surface area (Å²) in [6.45, 7) is 4.67. The third-order valence-electron chi connectivity index (χ3n) is 6.05. The Morgan fingerprint density at radius 2 is 1.80 bits per heavy atom. The Morgan fingerprint density at radius 1 is 1.03 bits per heavy atom. The van der Waals surface area contributed by atoms with Gasteiger partial charge < -0.3 is 20.4 Å². The van der Waals surface area contributed by atoms with Crippen LogP contribution in [0.4, 0.5) is 11.5 Å². The summed E-state index contributed by atoms with van der Waals surface area (Å²) in [7, 11) is 0. The summed E-state index contributed by atoms with van der Waals surface area (Å²) >= 11 is 0. The van der Waals surface area contributed by atoms with Gasteiger partial charge in [-0.25, -0.2) is 4.98 Å². The monoisotopic (exact) mass is 469 g/mol. The number of morpholine rings is 1. The van der Waals surface area contributed by atoms with E-state index in [1.165, 1.54) is 0 Å². The maximum atomic E-state index is 12.6. The van der Waals surface area contributed by atoms with E-state index < -0.39 is 0 Å². The number of fused-ring (bicyclic) bond motifs is 1. The van der Waals surface area contributed by atoms with E-state index in [4.69, 9.17) is 9.72 Å². The number of hydrogen-bond donors (Lipinski definition) is 3. The quantitative estimate of drug-likeness (QED) is 0.384. The van der Waals surface area contributed by atoms with E-state index in [1.54, 1.807) is 18.3 Å². The predicted octanol–water partition coefficient (Wildman–Crippen LogP) is 3.40. The number of benzene rings is 2. The van der Waals surface area contributed by atoms with E-state index >= 15 is 0 Å². The third kappa shape index (κ3) is 5.40. The van der Waals surface area contributed by atoms with Gasteiger partial charge in [0.15, 0.2) is 0 Å². The molecule has 5 rings (SSSR count). The SMILES string of the molecule is O=C(NCCN1CCOCC1)c1ccc(Nc2nc(-c3ccccc3)cc3cc[nH]c(=O)c23)cc1. The molecule has 1 aliphatic heterocycles. The van der Waals surface area contributed by atoms with E-state index in [0.29, 0.717) is 23.3 Å². The number of nitrogens with zero attached hydrogens (tertiary/aromatic N) is 2. The van der Waals surface area contributed by atoms with Gasteiger partial charge in [-0.15, -0.1) is 0 Å². The molecule has 0 bridgehead atoms. The molecule has 3 N–H and O–H groups in total. The van der Waals surface area contributed by atoms with Gasteiger partial charge in [0.25, 0.3) is 11.5 Å². The lowest BCUT2D eigenvalue weighted by Gasteiger charge is -2.26. The molecule has 1 fully saturated rings. The summed E-state index contributed by atoms with van der Waals surface area (Å²) in [6.07, 6.45) is 1.63. The van der Waals surface area contributed by atoms with Crippen molar-refractivity contribution in [3.8, 4) is 11.3 Å². The van der Waals surface area contributed by atoms with Crippen molar-refractivity contribution in [3.63, 3.8) is 0 Å². The van der Waals surface area contributed by atoms with Crippen LogP contribution in [-0.4, -0.2) is 60.2 Å². The molecule has 1 saturated heterocycles. The molecule has 0 aliphatic carbocycles. The summed E-state index contributed by atoms with van der Waals surface area (Å²) in [5, 5.41) is 7.52. The standard InChI is InChI=1S/C27H27N5O3/c33-26(29-12-13-32-14-16-35-17-15-32)20-6-8-22(9-7-20)30-25-24-21(10-11-28-27(24)34)18-23(31-25)19-4-2-1-3-5-19/h1-11,18H,12-17H2,(H,28,34)(H,29,33)(H,30,31). The molecule has 1 amide bonds. The second kappa shape index (κ2) is 10.5. The first kappa shape index (κ1) is 22.8. The van der Waals surface area contributed by atoms with Crippen LogP contribution in [0.25, 0.3) is 22.0 Å². The zero-order chi connectivity index (χ0) is 24.0. The van der Waals surface area contributed by atoms with Gasteiger partial charge in [-0.2, -0.15) is 0 Å². The molecule has 2 aromatic heterocycles. The number of aromatic nitrogens is 2. The van der Waals surface area contributed by atoms with Crippen molar-refractivity contribution in [2.45, 2.75) is 0 Å². The number of anilines is 2. The minimum absolute atomic E-state index is 0.115. The van der Waals surface area contributed by atoms with E-state index in [-0.39, 0.29) is 11.5 Å². The van der Waals surface area contributed by atoms with Crippen LogP contribution in [0.3, 0.4) is 0 Å². The molecule has 0 atom stereocenters. The second-order valence-corrected chi connectivity index (χ2v) is 8.41. The normalized spacial score (nSPS) is 14.1. The first-order valence-electron chi connectivity index (χ1n) is 11.7. The molecule has 0 unspecified atom stereocenters. The Hall–Kier alpha value is -4.01. The minimum atomic E-state index is -0.214. The smallest absolute Gasteiger partial charge is 0.259 e. The molecule has 3 heterocycles. The highest BCUT2D eigenvalue weighted by Crippen LogP contribution is 2.27. The Balaban J connectivity index is 1.32. The van der Waals surface area contributed by atoms with Crippen LogP contribution in [0.2, 0.25) is 0 Å². The summed E-state index contributed by atoms with van der Waals surface area (Å²) in [5.74, 6) is 0.349. The maximum absolute atomic E-state index is 12.6. The van der Waals surface area contributed by atoms with Crippen LogP contribution in [0.5, 0.6) is 0 Å². The van der Waals surface area contributed by atoms with Crippen LogP contribution in [0.1, 0.15) is 10.4 Å². The van der Waals surface area contributed by atoms with E-state index in [9.17, 15) is 9.59 Å². The van der Waals surface area contributed by atoms with Crippen molar-refractivity contribution < 1.29 is 9.53 Å². The summed E-state index contributed by atoms with van der Waals surface area (Å²) < 4.78 is 5.35. The molecule has 35 heavy (non-hydrogen) atoms. The first-order valence-corrected chi connectivity index (χ1v) is 11.7. The number of hydrogen-bond acceptors (Lipinski definition) is 6. The summed E-state index contributed by atoms with van der Waals surface area (Å²) in [6, 6.07) is 20.8. The molecule has 1 aliphatic rings. The van der Waals surface area contributed by atoms with Crippen LogP contribution in [0, 0.1) is 0 Å². The third-order valence-corrected chi connectivity index (χ3v) is 6.05. The van der Waals surface area contributed by atoms with Crippen LogP contribution >= 0.6 is 0 Å². The van der Waals surface area contributed by atoms with Gasteiger partial charge in [0.2, 0.25) is 0 Å². The van der Waals surface area contributed by atoms with Gasteiger partial charge in [-0.1, -0.05) is 30.3 Å². The number of aromatic amines is 1. The van der Waals surface area contributed by atoms with Crippen molar-refractivity contribution in [2.75, 3.05) is 44.7 Å². The number of pyridine rings is 2. The minimum Gasteiger partial charge on any atom is -0.379 e. The molecule has 8 heteroatoms. The van der Waals surface area contributed by atoms with Gasteiger partial charge in [0.05, 0.1) is 24.3 Å². The van der Waals surface area contributed by atoms with Gasteiger partial charge in [-0.05, 0) is 41.8 Å². The van der Waals surface area contributed by atoms with E-state index in [2.05, 4.69) is 20.5 Å². The fraction of sp³-hybridized carbons (Fsp3) is 0.222. The van der Waals surface area contributed by atoms with Crippen LogP contribution in [-0.2, 0) is 4.74 Å². The fourth-order valence-corrected chi connectivity index (χ4v) is 4.16. The predicted molar refractivity (Wildman–Crippen MR) is 137 cm³/mol. The average Bonchev–Trinajstić information content (AvgIpc) is 2.90. The number of carbonyl (C=O) groups excluding carboxylic acids is 1. The zero-order valence-electron chi connectivity index (χ0n) is 19.3. The Morgan fingerprint density at radius 3 is 2.57 bits per heavy atom. The first-order chi connectivity index (χ1) is 17.2. The number of ether oxygens (including phenoxy) is 1. The maximum Gasteiger partial charge on any atom is 0.259 e. The van der Waals surface area contributed by atoms with Gasteiger partial charge in [-0.3, -0.25) is 14.5 Å². The second-order valence-electron chi connectivity index (χ2n) is 8.41. The molecule has 4 aromatic rings. The van der Waals surface area contributed by atoms with E-state index in [0.717, 1.165) is 55.2 Å². The molecular weight excluding hydrogens is 442 g/mol. The number of carbonyl (C=O) groups is 1. The fourth-order valence-electron chi connectivity index (χ4n) is 4.16. The summed E-state index contributed by atoms with van der Waals surface area (Å²) in [5.41, 5.74) is 2.82. The molecule has 0 saturated carbocycles. The molecule has 2 aromatic carbocycles.